The molecular weight excluding hydrogens is 212 g/mol. The minimum Gasteiger partial charge on any atom is -0.396 e. The zero-order valence-electron chi connectivity index (χ0n) is 10.3. The van der Waals surface area contributed by atoms with Gasteiger partial charge in [0.1, 0.15) is 0 Å². The van der Waals surface area contributed by atoms with Gasteiger partial charge in [-0.1, -0.05) is 18.2 Å². The summed E-state index contributed by atoms with van der Waals surface area (Å²) in [6.45, 7) is 3.09. The number of aliphatic hydroxyl groups is 1. The fourth-order valence-electron chi connectivity index (χ4n) is 2.03. The van der Waals surface area contributed by atoms with Gasteiger partial charge in [0.2, 0.25) is 0 Å². The lowest BCUT2D eigenvalue weighted by Gasteiger charge is -2.21. The van der Waals surface area contributed by atoms with Crippen LogP contribution in [0.15, 0.2) is 30.3 Å². The van der Waals surface area contributed by atoms with Crippen molar-refractivity contribution in [1.82, 2.24) is 4.98 Å². The van der Waals surface area contributed by atoms with Gasteiger partial charge in [0.05, 0.1) is 5.52 Å². The summed E-state index contributed by atoms with van der Waals surface area (Å²) >= 11 is 0. The van der Waals surface area contributed by atoms with Crippen LogP contribution >= 0.6 is 0 Å². The van der Waals surface area contributed by atoms with Crippen molar-refractivity contribution in [3.8, 4) is 0 Å². The number of nitrogens with zero attached hydrogens (tertiary/aromatic N) is 2. The van der Waals surface area contributed by atoms with E-state index in [-0.39, 0.29) is 6.61 Å². The van der Waals surface area contributed by atoms with Crippen LogP contribution in [0.1, 0.15) is 12.1 Å². The Morgan fingerprint density at radius 2 is 2.06 bits per heavy atom. The van der Waals surface area contributed by atoms with Crippen LogP contribution in [0.2, 0.25) is 0 Å². The Kier molecular flexibility index (Phi) is 3.59. The summed E-state index contributed by atoms with van der Waals surface area (Å²) in [7, 11) is 2.05. The lowest BCUT2D eigenvalue weighted by Crippen LogP contribution is -2.20. The first-order chi connectivity index (χ1) is 8.22. The Morgan fingerprint density at radius 1 is 1.29 bits per heavy atom. The second-order valence-electron chi connectivity index (χ2n) is 4.30. The zero-order chi connectivity index (χ0) is 12.3. The van der Waals surface area contributed by atoms with Crippen LogP contribution in [0.5, 0.6) is 0 Å². The average molecular weight is 230 g/mol. The van der Waals surface area contributed by atoms with Crippen molar-refractivity contribution < 1.29 is 5.11 Å². The Bertz CT molecular complexity index is 511. The minimum absolute atomic E-state index is 0.229. The maximum atomic E-state index is 8.89. The topological polar surface area (TPSA) is 36.4 Å². The minimum atomic E-state index is 0.229. The van der Waals surface area contributed by atoms with Crippen LogP contribution in [0.4, 0.5) is 5.69 Å². The third kappa shape index (κ3) is 2.56. The van der Waals surface area contributed by atoms with E-state index in [0.717, 1.165) is 24.2 Å². The molecule has 0 saturated heterocycles. The molecular formula is C14H18N2O. The predicted molar refractivity (Wildman–Crippen MR) is 71.5 cm³/mol. The molecule has 0 unspecified atom stereocenters. The van der Waals surface area contributed by atoms with E-state index in [1.807, 2.05) is 25.1 Å². The van der Waals surface area contributed by atoms with Crippen molar-refractivity contribution >= 4 is 16.6 Å². The van der Waals surface area contributed by atoms with Gasteiger partial charge in [0.15, 0.2) is 0 Å². The van der Waals surface area contributed by atoms with Gasteiger partial charge >= 0.3 is 0 Å². The lowest BCUT2D eigenvalue weighted by atomic mass is 10.1. The third-order valence-electron chi connectivity index (χ3n) is 2.89. The summed E-state index contributed by atoms with van der Waals surface area (Å²) < 4.78 is 0. The van der Waals surface area contributed by atoms with Crippen molar-refractivity contribution in [3.05, 3.63) is 36.0 Å². The number of fused-ring (bicyclic) bond motifs is 1. The first-order valence-electron chi connectivity index (χ1n) is 5.91. The van der Waals surface area contributed by atoms with E-state index in [0.29, 0.717) is 0 Å². The number of benzene rings is 1. The molecule has 1 heterocycles. The van der Waals surface area contributed by atoms with Gasteiger partial charge in [-0.05, 0) is 25.5 Å². The molecule has 1 N–H and O–H groups in total. The molecule has 3 heteroatoms. The summed E-state index contributed by atoms with van der Waals surface area (Å²) in [6, 6.07) is 10.3. The van der Waals surface area contributed by atoms with E-state index in [4.69, 9.17) is 5.11 Å². The Hall–Kier alpha value is -1.61. The molecule has 1 aromatic heterocycles. The van der Waals surface area contributed by atoms with Gasteiger partial charge in [0.25, 0.3) is 0 Å². The zero-order valence-corrected chi connectivity index (χ0v) is 10.3. The van der Waals surface area contributed by atoms with Gasteiger partial charge < -0.3 is 10.0 Å². The Labute approximate surface area is 102 Å². The molecule has 0 spiro atoms. The quantitative estimate of drug-likeness (QED) is 0.876. The van der Waals surface area contributed by atoms with Crippen molar-refractivity contribution in [3.63, 3.8) is 0 Å². The molecule has 0 atom stereocenters. The van der Waals surface area contributed by atoms with Crippen molar-refractivity contribution in [1.29, 1.82) is 0 Å². The molecule has 0 fully saturated rings. The number of pyridine rings is 1. The highest BCUT2D eigenvalue weighted by Crippen LogP contribution is 2.25. The standard InChI is InChI=1S/C14H18N2O/c1-11-10-14(16(2)8-5-9-17)12-6-3-4-7-13(12)15-11/h3-4,6-7,10,17H,5,8-9H2,1-2H3. The third-order valence-corrected chi connectivity index (χ3v) is 2.89. The monoisotopic (exact) mass is 230 g/mol. The summed E-state index contributed by atoms with van der Waals surface area (Å²) in [5.74, 6) is 0. The van der Waals surface area contributed by atoms with Gasteiger partial charge in [-0.15, -0.1) is 0 Å². The van der Waals surface area contributed by atoms with Crippen LogP contribution in [-0.4, -0.2) is 30.3 Å². The second-order valence-corrected chi connectivity index (χ2v) is 4.30. The molecule has 0 amide bonds. The summed E-state index contributed by atoms with van der Waals surface area (Å²) in [6.07, 6.45) is 0.784. The lowest BCUT2D eigenvalue weighted by molar-refractivity contribution is 0.290. The van der Waals surface area contributed by atoms with Gasteiger partial charge in [-0.3, -0.25) is 4.98 Å². The first kappa shape index (κ1) is 11.9. The van der Waals surface area contributed by atoms with Crippen molar-refractivity contribution in [2.45, 2.75) is 13.3 Å². The molecule has 2 rings (SSSR count). The molecule has 3 nitrogen and oxygen atoms in total. The number of anilines is 1. The molecule has 0 aliphatic rings. The largest absolute Gasteiger partial charge is 0.396 e. The Balaban J connectivity index is 2.44. The number of hydrogen-bond acceptors (Lipinski definition) is 3. The van der Waals surface area contributed by atoms with E-state index in [9.17, 15) is 0 Å². The van der Waals surface area contributed by atoms with Gasteiger partial charge in [-0.25, -0.2) is 0 Å². The molecule has 0 aliphatic carbocycles. The SMILES string of the molecule is Cc1cc(N(C)CCCO)c2ccccc2n1. The molecule has 0 saturated carbocycles. The van der Waals surface area contributed by atoms with E-state index in [2.05, 4.69) is 29.1 Å². The highest BCUT2D eigenvalue weighted by atomic mass is 16.3. The number of aryl methyl sites for hydroxylation is 1. The van der Waals surface area contributed by atoms with Crippen LogP contribution in [0.3, 0.4) is 0 Å². The first-order valence-corrected chi connectivity index (χ1v) is 5.91. The van der Waals surface area contributed by atoms with Crippen molar-refractivity contribution in [2.24, 2.45) is 0 Å². The van der Waals surface area contributed by atoms with Gasteiger partial charge in [0, 0.05) is 37.0 Å². The average Bonchev–Trinajstić information content (AvgIpc) is 2.34. The number of rotatable bonds is 4. The second kappa shape index (κ2) is 5.15. The number of para-hydroxylation sites is 1. The maximum absolute atomic E-state index is 8.89. The van der Waals surface area contributed by atoms with E-state index >= 15 is 0 Å². The highest BCUT2D eigenvalue weighted by molar-refractivity contribution is 5.91. The number of hydrogen-bond donors (Lipinski definition) is 1. The molecule has 0 aliphatic heterocycles. The normalized spacial score (nSPS) is 10.8. The smallest absolute Gasteiger partial charge is 0.0726 e. The molecule has 0 radical (unpaired) electrons. The molecule has 1 aromatic carbocycles. The summed E-state index contributed by atoms with van der Waals surface area (Å²) in [5, 5.41) is 10.1. The fourth-order valence-corrected chi connectivity index (χ4v) is 2.03. The van der Waals surface area contributed by atoms with E-state index in [1.54, 1.807) is 0 Å². The van der Waals surface area contributed by atoms with E-state index < -0.39 is 0 Å². The Morgan fingerprint density at radius 3 is 2.82 bits per heavy atom. The van der Waals surface area contributed by atoms with Crippen molar-refractivity contribution in [2.75, 3.05) is 25.1 Å². The van der Waals surface area contributed by atoms with E-state index in [1.165, 1.54) is 11.1 Å². The van der Waals surface area contributed by atoms with Crippen LogP contribution in [0, 0.1) is 6.92 Å². The predicted octanol–water partition coefficient (Wildman–Crippen LogP) is 2.36. The van der Waals surface area contributed by atoms with Crippen LogP contribution in [0.25, 0.3) is 10.9 Å². The summed E-state index contributed by atoms with van der Waals surface area (Å²) in [4.78, 5) is 6.70. The summed E-state index contributed by atoms with van der Waals surface area (Å²) in [5.41, 5.74) is 3.23. The number of aromatic nitrogens is 1. The van der Waals surface area contributed by atoms with Crippen LogP contribution < -0.4 is 4.90 Å². The van der Waals surface area contributed by atoms with Gasteiger partial charge in [-0.2, -0.15) is 0 Å². The molecule has 17 heavy (non-hydrogen) atoms. The highest BCUT2D eigenvalue weighted by Gasteiger charge is 2.07. The molecule has 2 aromatic rings. The number of aliphatic hydroxyl groups excluding tert-OH is 1. The maximum Gasteiger partial charge on any atom is 0.0726 e. The van der Waals surface area contributed by atoms with Crippen LogP contribution in [-0.2, 0) is 0 Å². The molecule has 90 valence electrons. The fraction of sp³-hybridized carbons (Fsp3) is 0.357. The molecule has 0 bridgehead atoms.